The van der Waals surface area contributed by atoms with Gasteiger partial charge in [-0.15, -0.1) is 0 Å². The zero-order valence-corrected chi connectivity index (χ0v) is 17.3. The number of carbonyl (C=O) groups is 1. The van der Waals surface area contributed by atoms with Gasteiger partial charge in [-0.3, -0.25) is 4.79 Å². The Morgan fingerprint density at radius 2 is 2.10 bits per heavy atom. The largest absolute Gasteiger partial charge is 0.497 e. The fraction of sp³-hybridized carbons (Fsp3) is 0.217. The Morgan fingerprint density at radius 3 is 2.87 bits per heavy atom. The number of H-pyrrole nitrogens is 1. The average molecular weight is 415 g/mol. The number of methoxy groups -OCH3 is 1. The maximum absolute atomic E-state index is 13.6. The van der Waals surface area contributed by atoms with Crippen LogP contribution in [0.2, 0.25) is 0 Å². The first-order valence-electron chi connectivity index (χ1n) is 9.97. The molecule has 1 N–H and O–H groups in total. The van der Waals surface area contributed by atoms with Crippen molar-refractivity contribution in [1.29, 1.82) is 0 Å². The first kappa shape index (κ1) is 19.0. The van der Waals surface area contributed by atoms with Crippen LogP contribution in [0.25, 0.3) is 22.5 Å². The molecule has 0 aliphatic carbocycles. The number of aryl methyl sites for hydroxylation is 1. The van der Waals surface area contributed by atoms with Crippen molar-refractivity contribution in [2.75, 3.05) is 13.7 Å². The van der Waals surface area contributed by atoms with E-state index >= 15 is 0 Å². The maximum atomic E-state index is 13.6. The summed E-state index contributed by atoms with van der Waals surface area (Å²) in [5.41, 5.74) is 3.71. The summed E-state index contributed by atoms with van der Waals surface area (Å²) in [6.45, 7) is 6.51. The summed E-state index contributed by atoms with van der Waals surface area (Å²) >= 11 is 0. The van der Waals surface area contributed by atoms with Crippen LogP contribution in [0.4, 0.5) is 0 Å². The Hall–Kier alpha value is -3.94. The molecular weight excluding hydrogens is 394 g/mol. The van der Waals surface area contributed by atoms with Crippen LogP contribution in [0.1, 0.15) is 34.5 Å². The second kappa shape index (κ2) is 7.39. The van der Waals surface area contributed by atoms with E-state index < -0.39 is 0 Å². The number of nitrogens with one attached hydrogen (secondary N) is 1. The minimum absolute atomic E-state index is 0.131. The number of imidazole rings is 1. The minimum Gasteiger partial charge on any atom is -0.497 e. The molecular formula is C23H21N5O3. The van der Waals surface area contributed by atoms with Crippen molar-refractivity contribution in [3.05, 3.63) is 71.8 Å². The van der Waals surface area contributed by atoms with Gasteiger partial charge in [0.05, 0.1) is 29.3 Å². The van der Waals surface area contributed by atoms with Gasteiger partial charge in [0.25, 0.3) is 11.8 Å². The second-order valence-corrected chi connectivity index (χ2v) is 7.51. The monoisotopic (exact) mass is 415 g/mol. The topological polar surface area (TPSA) is 97.1 Å². The van der Waals surface area contributed by atoms with Crippen LogP contribution in [0.3, 0.4) is 0 Å². The van der Waals surface area contributed by atoms with Gasteiger partial charge >= 0.3 is 0 Å². The number of likely N-dealkylation sites (tertiary alicyclic amines) is 1. The molecule has 1 amide bonds. The van der Waals surface area contributed by atoms with Crippen LogP contribution in [-0.2, 0) is 0 Å². The molecule has 156 valence electrons. The van der Waals surface area contributed by atoms with Gasteiger partial charge < -0.3 is 19.1 Å². The molecule has 8 nitrogen and oxygen atoms in total. The third kappa shape index (κ3) is 3.26. The zero-order valence-electron chi connectivity index (χ0n) is 17.3. The van der Waals surface area contributed by atoms with E-state index in [0.29, 0.717) is 41.6 Å². The van der Waals surface area contributed by atoms with E-state index in [-0.39, 0.29) is 11.9 Å². The highest BCUT2D eigenvalue weighted by Crippen LogP contribution is 2.37. The van der Waals surface area contributed by atoms with Crippen molar-refractivity contribution < 1.29 is 14.1 Å². The molecule has 0 spiro atoms. The molecule has 3 heterocycles. The lowest BCUT2D eigenvalue weighted by Crippen LogP contribution is -2.31. The Bertz CT molecular complexity index is 1310. The Morgan fingerprint density at radius 1 is 1.26 bits per heavy atom. The summed E-state index contributed by atoms with van der Waals surface area (Å²) in [7, 11) is 1.63. The highest BCUT2D eigenvalue weighted by molar-refractivity contribution is 6.00. The van der Waals surface area contributed by atoms with Gasteiger partial charge in [0.1, 0.15) is 17.6 Å². The summed E-state index contributed by atoms with van der Waals surface area (Å²) in [6.07, 6.45) is 0.707. The van der Waals surface area contributed by atoms with Crippen molar-refractivity contribution in [3.8, 4) is 17.2 Å². The number of benzene rings is 2. The average Bonchev–Trinajstić information content (AvgIpc) is 3.50. The fourth-order valence-corrected chi connectivity index (χ4v) is 3.99. The number of fused-ring (bicyclic) bond motifs is 1. The predicted molar refractivity (Wildman–Crippen MR) is 115 cm³/mol. The number of nitrogens with zero attached hydrogens (tertiary/aromatic N) is 4. The standard InChI is InChI=1S/C23H21N5O3/c1-13-10-11-28(20(13)21-25-18-9-8-15(30-3)12-19(18)26-21)23(29)17-7-5-4-6-16(17)22-24-14(2)27-31-22/h4-9,12,20H,1,10-11H2,2-3H3,(H,25,26)/t20-/m0/s1. The lowest BCUT2D eigenvalue weighted by Gasteiger charge is -2.24. The highest BCUT2D eigenvalue weighted by Gasteiger charge is 2.36. The molecule has 8 heteroatoms. The molecule has 2 aromatic carbocycles. The summed E-state index contributed by atoms with van der Waals surface area (Å²) in [5, 5.41) is 3.85. The molecule has 0 saturated carbocycles. The first-order valence-corrected chi connectivity index (χ1v) is 9.97. The minimum atomic E-state index is -0.344. The van der Waals surface area contributed by atoms with Crippen LogP contribution in [0.15, 0.2) is 59.1 Å². The molecule has 0 radical (unpaired) electrons. The van der Waals surface area contributed by atoms with Crippen molar-refractivity contribution in [3.63, 3.8) is 0 Å². The van der Waals surface area contributed by atoms with E-state index in [1.165, 1.54) is 0 Å². The number of aromatic nitrogens is 4. The Balaban J connectivity index is 1.53. The number of carbonyl (C=O) groups excluding carboxylic acids is 1. The predicted octanol–water partition coefficient (Wildman–Crippen LogP) is 4.07. The third-order valence-corrected chi connectivity index (χ3v) is 5.51. The SMILES string of the molecule is C=C1CCN(C(=O)c2ccccc2-c2nc(C)no2)[C@@H]1c1nc2ccc(OC)cc2[nH]1. The molecule has 0 unspecified atom stereocenters. The van der Waals surface area contributed by atoms with Gasteiger partial charge in [-0.1, -0.05) is 23.9 Å². The van der Waals surface area contributed by atoms with Crippen molar-refractivity contribution >= 4 is 16.9 Å². The van der Waals surface area contributed by atoms with Crippen molar-refractivity contribution in [1.82, 2.24) is 25.0 Å². The van der Waals surface area contributed by atoms with Crippen LogP contribution in [0, 0.1) is 6.92 Å². The summed E-state index contributed by atoms with van der Waals surface area (Å²) in [6, 6.07) is 12.6. The summed E-state index contributed by atoms with van der Waals surface area (Å²) in [5.74, 6) is 2.14. The van der Waals surface area contributed by atoms with E-state index in [4.69, 9.17) is 14.2 Å². The van der Waals surface area contributed by atoms with E-state index in [2.05, 4.69) is 21.7 Å². The molecule has 1 aliphatic rings. The van der Waals surface area contributed by atoms with Gasteiger partial charge in [0.15, 0.2) is 5.82 Å². The normalized spacial score (nSPS) is 16.3. The molecule has 2 aromatic heterocycles. The van der Waals surface area contributed by atoms with Crippen LogP contribution < -0.4 is 4.74 Å². The van der Waals surface area contributed by atoms with Crippen LogP contribution in [-0.4, -0.2) is 44.6 Å². The van der Waals surface area contributed by atoms with Crippen molar-refractivity contribution in [2.45, 2.75) is 19.4 Å². The van der Waals surface area contributed by atoms with Gasteiger partial charge in [0.2, 0.25) is 0 Å². The van der Waals surface area contributed by atoms with E-state index in [1.807, 2.05) is 36.4 Å². The lowest BCUT2D eigenvalue weighted by molar-refractivity contribution is 0.0742. The molecule has 1 saturated heterocycles. The molecule has 4 aromatic rings. The number of hydrogen-bond acceptors (Lipinski definition) is 6. The first-order chi connectivity index (χ1) is 15.0. The van der Waals surface area contributed by atoms with Gasteiger partial charge in [-0.05, 0) is 43.2 Å². The van der Waals surface area contributed by atoms with E-state index in [1.54, 1.807) is 25.0 Å². The molecule has 1 aliphatic heterocycles. The molecule has 5 rings (SSSR count). The van der Waals surface area contributed by atoms with Gasteiger partial charge in [-0.2, -0.15) is 4.98 Å². The van der Waals surface area contributed by atoms with Gasteiger partial charge in [0, 0.05) is 12.6 Å². The van der Waals surface area contributed by atoms with Crippen molar-refractivity contribution in [2.24, 2.45) is 0 Å². The van der Waals surface area contributed by atoms with Crippen LogP contribution in [0.5, 0.6) is 5.75 Å². The molecule has 0 bridgehead atoms. The summed E-state index contributed by atoms with van der Waals surface area (Å²) in [4.78, 5) is 27.8. The lowest BCUT2D eigenvalue weighted by atomic mass is 10.0. The second-order valence-electron chi connectivity index (χ2n) is 7.51. The smallest absolute Gasteiger partial charge is 0.258 e. The number of rotatable bonds is 4. The van der Waals surface area contributed by atoms with Gasteiger partial charge in [-0.25, -0.2) is 4.98 Å². The molecule has 31 heavy (non-hydrogen) atoms. The number of aromatic amines is 1. The zero-order chi connectivity index (χ0) is 21.5. The highest BCUT2D eigenvalue weighted by atomic mass is 16.5. The molecule has 1 atom stereocenters. The number of amides is 1. The number of hydrogen-bond donors (Lipinski definition) is 1. The molecule has 1 fully saturated rings. The summed E-state index contributed by atoms with van der Waals surface area (Å²) < 4.78 is 10.6. The van der Waals surface area contributed by atoms with Crippen LogP contribution >= 0.6 is 0 Å². The number of ether oxygens (including phenoxy) is 1. The fourth-order valence-electron chi connectivity index (χ4n) is 3.99. The van der Waals surface area contributed by atoms with E-state index in [0.717, 1.165) is 22.4 Å². The van der Waals surface area contributed by atoms with E-state index in [9.17, 15) is 4.79 Å². The quantitative estimate of drug-likeness (QED) is 0.505. The Labute approximate surface area is 178 Å². The Kier molecular flexibility index (Phi) is 4.54. The third-order valence-electron chi connectivity index (χ3n) is 5.51. The maximum Gasteiger partial charge on any atom is 0.258 e.